The van der Waals surface area contributed by atoms with Gasteiger partial charge >= 0.3 is 0 Å². The third-order valence-corrected chi connectivity index (χ3v) is 2.36. The van der Waals surface area contributed by atoms with Gasteiger partial charge in [0.25, 0.3) is 0 Å². The van der Waals surface area contributed by atoms with E-state index in [1.165, 1.54) is 0 Å². The summed E-state index contributed by atoms with van der Waals surface area (Å²) in [5.41, 5.74) is 6.45. The van der Waals surface area contributed by atoms with Crippen molar-refractivity contribution >= 4 is 5.69 Å². The number of aliphatic hydroxyl groups is 1. The molecule has 0 fully saturated rings. The quantitative estimate of drug-likeness (QED) is 0.752. The van der Waals surface area contributed by atoms with Crippen molar-refractivity contribution in [2.45, 2.75) is 12.5 Å². The van der Waals surface area contributed by atoms with E-state index in [9.17, 15) is 5.11 Å². The minimum atomic E-state index is -0.957. The van der Waals surface area contributed by atoms with E-state index in [-0.39, 0.29) is 6.54 Å². The van der Waals surface area contributed by atoms with E-state index in [0.29, 0.717) is 0 Å². The van der Waals surface area contributed by atoms with Gasteiger partial charge in [-0.05, 0) is 13.0 Å². The molecule has 0 saturated heterocycles. The number of hydrogen-bond acceptors (Lipinski definition) is 3. The number of para-hydroxylation sites is 1. The monoisotopic (exact) mass is 194 g/mol. The number of rotatable bonds is 3. The molecule has 1 unspecified atom stereocenters. The van der Waals surface area contributed by atoms with Gasteiger partial charge in [0.2, 0.25) is 0 Å². The Bertz CT molecular complexity index is 308. The van der Waals surface area contributed by atoms with Crippen molar-refractivity contribution in [3.63, 3.8) is 0 Å². The minimum absolute atomic E-state index is 0.220. The normalized spacial score (nSPS) is 14.9. The third kappa shape index (κ3) is 2.05. The maximum Gasteiger partial charge on any atom is 0.101 e. The molecule has 0 spiro atoms. The molecule has 0 aliphatic rings. The van der Waals surface area contributed by atoms with Crippen LogP contribution in [0.4, 0.5) is 5.69 Å². The number of nitrogens with zero attached hydrogens (tertiary/aromatic N) is 1. The minimum Gasteiger partial charge on any atom is -0.384 e. The molecule has 0 aliphatic heterocycles. The van der Waals surface area contributed by atoms with Gasteiger partial charge in [-0.2, -0.15) is 0 Å². The first-order chi connectivity index (χ1) is 6.49. The van der Waals surface area contributed by atoms with Crippen LogP contribution in [0.2, 0.25) is 0 Å². The highest BCUT2D eigenvalue weighted by Crippen LogP contribution is 2.28. The molecule has 0 amide bonds. The average Bonchev–Trinajstić information content (AvgIpc) is 2.18. The van der Waals surface area contributed by atoms with E-state index in [4.69, 9.17) is 5.73 Å². The zero-order valence-corrected chi connectivity index (χ0v) is 8.99. The standard InChI is InChI=1S/C11H18N2O/c1-11(14,8-12)9-6-4-5-7-10(9)13(2)3/h4-7,14H,8,12H2,1-3H3. The molecule has 0 aliphatic carbocycles. The Labute approximate surface area is 85.2 Å². The molecule has 1 rings (SSSR count). The molecule has 0 radical (unpaired) electrons. The summed E-state index contributed by atoms with van der Waals surface area (Å²) in [4.78, 5) is 1.97. The maximum atomic E-state index is 10.1. The summed E-state index contributed by atoms with van der Waals surface area (Å²) >= 11 is 0. The summed E-state index contributed by atoms with van der Waals surface area (Å²) in [6.45, 7) is 1.95. The fourth-order valence-corrected chi connectivity index (χ4v) is 1.43. The van der Waals surface area contributed by atoms with Crippen LogP contribution in [0.25, 0.3) is 0 Å². The first kappa shape index (κ1) is 11.0. The van der Waals surface area contributed by atoms with Crippen LogP contribution >= 0.6 is 0 Å². The fraction of sp³-hybridized carbons (Fsp3) is 0.455. The Balaban J connectivity index is 3.20. The van der Waals surface area contributed by atoms with Crippen molar-refractivity contribution in [1.82, 2.24) is 0 Å². The van der Waals surface area contributed by atoms with Gasteiger partial charge in [-0.25, -0.2) is 0 Å². The van der Waals surface area contributed by atoms with Crippen molar-refractivity contribution in [2.24, 2.45) is 5.73 Å². The molecule has 3 N–H and O–H groups in total. The van der Waals surface area contributed by atoms with Crippen LogP contribution in [0, 0.1) is 0 Å². The fourth-order valence-electron chi connectivity index (χ4n) is 1.43. The topological polar surface area (TPSA) is 49.5 Å². The predicted octanol–water partition coefficient (Wildman–Crippen LogP) is 0.919. The van der Waals surface area contributed by atoms with Crippen molar-refractivity contribution in [3.05, 3.63) is 29.8 Å². The van der Waals surface area contributed by atoms with E-state index < -0.39 is 5.60 Å². The number of anilines is 1. The van der Waals surface area contributed by atoms with Gasteiger partial charge in [0.05, 0.1) is 0 Å². The predicted molar refractivity (Wildman–Crippen MR) is 59.4 cm³/mol. The Hall–Kier alpha value is -1.06. The highest BCUT2D eigenvalue weighted by atomic mass is 16.3. The Kier molecular flexibility index (Phi) is 3.13. The second-order valence-corrected chi connectivity index (χ2v) is 3.89. The molecule has 14 heavy (non-hydrogen) atoms. The molecule has 3 heteroatoms. The summed E-state index contributed by atoms with van der Waals surface area (Å²) in [6, 6.07) is 7.74. The molecule has 0 heterocycles. The number of benzene rings is 1. The van der Waals surface area contributed by atoms with Crippen LogP contribution in [0.1, 0.15) is 12.5 Å². The third-order valence-electron chi connectivity index (χ3n) is 2.36. The summed E-state index contributed by atoms with van der Waals surface area (Å²) in [6.07, 6.45) is 0. The van der Waals surface area contributed by atoms with Gasteiger partial charge < -0.3 is 15.7 Å². The van der Waals surface area contributed by atoms with Gasteiger partial charge in [0, 0.05) is 31.9 Å². The summed E-state index contributed by atoms with van der Waals surface area (Å²) in [7, 11) is 3.90. The molecule has 0 bridgehead atoms. The first-order valence-corrected chi connectivity index (χ1v) is 4.68. The first-order valence-electron chi connectivity index (χ1n) is 4.68. The molecular weight excluding hydrogens is 176 g/mol. The number of hydrogen-bond donors (Lipinski definition) is 2. The van der Waals surface area contributed by atoms with Crippen LogP contribution in [0.15, 0.2) is 24.3 Å². The average molecular weight is 194 g/mol. The molecule has 0 saturated carbocycles. The van der Waals surface area contributed by atoms with Gasteiger partial charge in [-0.15, -0.1) is 0 Å². The summed E-state index contributed by atoms with van der Waals surface area (Å²) in [5.74, 6) is 0. The molecule has 1 aromatic rings. The highest BCUT2D eigenvalue weighted by molar-refractivity contribution is 5.54. The highest BCUT2D eigenvalue weighted by Gasteiger charge is 2.24. The van der Waals surface area contributed by atoms with E-state index in [2.05, 4.69) is 0 Å². The molecule has 1 atom stereocenters. The largest absolute Gasteiger partial charge is 0.384 e. The van der Waals surface area contributed by atoms with Gasteiger partial charge in [0.15, 0.2) is 0 Å². The SMILES string of the molecule is CN(C)c1ccccc1C(C)(O)CN. The van der Waals surface area contributed by atoms with Crippen LogP contribution in [-0.2, 0) is 5.60 Å². The zero-order chi connectivity index (χ0) is 10.8. The van der Waals surface area contributed by atoms with E-state index in [0.717, 1.165) is 11.3 Å². The van der Waals surface area contributed by atoms with Gasteiger partial charge in [0.1, 0.15) is 5.60 Å². The van der Waals surface area contributed by atoms with Crippen LogP contribution in [-0.4, -0.2) is 25.7 Å². The lowest BCUT2D eigenvalue weighted by Crippen LogP contribution is -2.33. The van der Waals surface area contributed by atoms with Crippen molar-refractivity contribution in [2.75, 3.05) is 25.5 Å². The molecule has 0 aromatic heterocycles. The maximum absolute atomic E-state index is 10.1. The van der Waals surface area contributed by atoms with E-state index >= 15 is 0 Å². The molecule has 78 valence electrons. The lowest BCUT2D eigenvalue weighted by Gasteiger charge is -2.27. The van der Waals surface area contributed by atoms with Crippen molar-refractivity contribution in [3.8, 4) is 0 Å². The molecular formula is C11H18N2O. The second-order valence-electron chi connectivity index (χ2n) is 3.89. The Morgan fingerprint density at radius 3 is 2.43 bits per heavy atom. The smallest absolute Gasteiger partial charge is 0.101 e. The van der Waals surface area contributed by atoms with Crippen LogP contribution in [0.3, 0.4) is 0 Å². The van der Waals surface area contributed by atoms with Crippen molar-refractivity contribution in [1.29, 1.82) is 0 Å². The zero-order valence-electron chi connectivity index (χ0n) is 8.99. The van der Waals surface area contributed by atoms with Crippen LogP contribution < -0.4 is 10.6 Å². The lowest BCUT2D eigenvalue weighted by molar-refractivity contribution is 0.0673. The van der Waals surface area contributed by atoms with Gasteiger partial charge in [-0.1, -0.05) is 18.2 Å². The lowest BCUT2D eigenvalue weighted by atomic mass is 9.94. The van der Waals surface area contributed by atoms with E-state index in [1.54, 1.807) is 6.92 Å². The number of nitrogens with two attached hydrogens (primary N) is 1. The van der Waals surface area contributed by atoms with Gasteiger partial charge in [-0.3, -0.25) is 0 Å². The second kappa shape index (κ2) is 3.98. The molecule has 3 nitrogen and oxygen atoms in total. The van der Waals surface area contributed by atoms with Crippen LogP contribution in [0.5, 0.6) is 0 Å². The van der Waals surface area contributed by atoms with Crippen molar-refractivity contribution < 1.29 is 5.11 Å². The Morgan fingerprint density at radius 1 is 1.36 bits per heavy atom. The summed E-state index contributed by atoms with van der Waals surface area (Å²) in [5, 5.41) is 10.1. The Morgan fingerprint density at radius 2 is 1.93 bits per heavy atom. The van der Waals surface area contributed by atoms with E-state index in [1.807, 2.05) is 43.3 Å². The summed E-state index contributed by atoms with van der Waals surface area (Å²) < 4.78 is 0. The molecule has 1 aromatic carbocycles.